The van der Waals surface area contributed by atoms with Gasteiger partial charge in [0.1, 0.15) is 6.33 Å². The van der Waals surface area contributed by atoms with Crippen LogP contribution in [0.25, 0.3) is 0 Å². The van der Waals surface area contributed by atoms with Crippen LogP contribution < -0.4 is 11.5 Å². The van der Waals surface area contributed by atoms with Crippen molar-refractivity contribution in [2.75, 3.05) is 11.5 Å². The van der Waals surface area contributed by atoms with Gasteiger partial charge in [-0.1, -0.05) is 11.6 Å². The molecule has 8 heteroatoms. The zero-order valence-electron chi connectivity index (χ0n) is 8.93. The van der Waals surface area contributed by atoms with Gasteiger partial charge in [0.05, 0.1) is 29.5 Å². The van der Waals surface area contributed by atoms with Gasteiger partial charge in [-0.2, -0.15) is 0 Å². The lowest BCUT2D eigenvalue weighted by Crippen LogP contribution is -1.92. The monoisotopic (exact) mass is 272 g/mol. The molecule has 0 bridgehead atoms. The van der Waals surface area contributed by atoms with Crippen LogP contribution in [0.1, 0.15) is 5.69 Å². The van der Waals surface area contributed by atoms with E-state index in [1.54, 1.807) is 6.20 Å². The number of aryl methyl sites for hydroxylation is 1. The van der Waals surface area contributed by atoms with Gasteiger partial charge in [0.15, 0.2) is 5.15 Å². The summed E-state index contributed by atoms with van der Waals surface area (Å²) in [5.74, 6) is 0. The lowest BCUT2D eigenvalue weighted by atomic mass is 10.4. The maximum Gasteiger partial charge on any atom is 0.223 e. The zero-order chi connectivity index (χ0) is 12.8. The Morgan fingerprint density at radius 1 is 1.06 bits per heavy atom. The molecule has 0 aromatic carbocycles. The Morgan fingerprint density at radius 3 is 2.18 bits per heavy atom. The Morgan fingerprint density at radius 2 is 1.76 bits per heavy atom. The van der Waals surface area contributed by atoms with Gasteiger partial charge in [-0.3, -0.25) is 0 Å². The minimum atomic E-state index is 0.106. The van der Waals surface area contributed by atoms with Gasteiger partial charge in [0, 0.05) is 0 Å². The number of rotatable bonds is 0. The Labute approximate surface area is 108 Å². The van der Waals surface area contributed by atoms with E-state index in [0.29, 0.717) is 11.4 Å². The van der Waals surface area contributed by atoms with E-state index in [1.165, 1.54) is 12.5 Å². The van der Waals surface area contributed by atoms with Crippen molar-refractivity contribution in [1.82, 2.24) is 19.9 Å². The predicted octanol–water partition coefficient (Wildman–Crippen LogP) is 1.73. The Bertz CT molecular complexity index is 484. The number of anilines is 2. The molecule has 2 heterocycles. The van der Waals surface area contributed by atoms with Crippen LogP contribution >= 0.6 is 23.2 Å². The second-order valence-corrected chi connectivity index (χ2v) is 3.64. The highest BCUT2D eigenvalue weighted by atomic mass is 35.5. The van der Waals surface area contributed by atoms with Crippen LogP contribution in [0.5, 0.6) is 0 Å². The van der Waals surface area contributed by atoms with Gasteiger partial charge < -0.3 is 11.5 Å². The van der Waals surface area contributed by atoms with Crippen LogP contribution in [-0.2, 0) is 0 Å². The third-order valence-corrected chi connectivity index (χ3v) is 2.17. The smallest absolute Gasteiger partial charge is 0.223 e. The summed E-state index contributed by atoms with van der Waals surface area (Å²) in [5.41, 5.74) is 12.5. The summed E-state index contributed by atoms with van der Waals surface area (Å²) in [6.45, 7) is 1.84. The van der Waals surface area contributed by atoms with Crippen molar-refractivity contribution in [2.24, 2.45) is 0 Å². The lowest BCUT2D eigenvalue weighted by molar-refractivity contribution is 1.11. The van der Waals surface area contributed by atoms with E-state index in [0.717, 1.165) is 5.69 Å². The number of nitrogens with zero attached hydrogens (tertiary/aromatic N) is 4. The number of nitrogen functional groups attached to an aromatic ring is 2. The number of hydrogen-bond acceptors (Lipinski definition) is 6. The molecule has 4 N–H and O–H groups in total. The molecule has 0 aliphatic carbocycles. The predicted molar refractivity (Wildman–Crippen MR) is 67.6 cm³/mol. The third-order valence-electron chi connectivity index (χ3n) is 1.69. The van der Waals surface area contributed by atoms with Crippen molar-refractivity contribution in [1.29, 1.82) is 0 Å². The van der Waals surface area contributed by atoms with E-state index in [-0.39, 0.29) is 10.4 Å². The van der Waals surface area contributed by atoms with Crippen LogP contribution in [0.15, 0.2) is 18.7 Å². The van der Waals surface area contributed by atoms with Gasteiger partial charge in [0.25, 0.3) is 0 Å². The maximum absolute atomic E-state index is 5.45. The molecule has 0 saturated heterocycles. The highest BCUT2D eigenvalue weighted by molar-refractivity contribution is 6.33. The largest absolute Gasteiger partial charge is 0.396 e. The molecule has 0 radical (unpaired) electrons. The first kappa shape index (κ1) is 13.4. The minimum Gasteiger partial charge on any atom is -0.396 e. The summed E-state index contributed by atoms with van der Waals surface area (Å²) in [6, 6.07) is 0. The fourth-order valence-corrected chi connectivity index (χ4v) is 1.06. The molecule has 0 aliphatic rings. The van der Waals surface area contributed by atoms with Crippen molar-refractivity contribution in [3.63, 3.8) is 0 Å². The summed E-state index contributed by atoms with van der Waals surface area (Å²) in [6.07, 6.45) is 4.42. The van der Waals surface area contributed by atoms with E-state index >= 15 is 0 Å². The molecule has 0 fully saturated rings. The summed E-state index contributed by atoms with van der Waals surface area (Å²) in [5, 5.41) is 0.296. The summed E-state index contributed by atoms with van der Waals surface area (Å²) in [4.78, 5) is 14.7. The van der Waals surface area contributed by atoms with Crippen LogP contribution in [-0.4, -0.2) is 19.9 Å². The Kier molecular flexibility index (Phi) is 4.86. The topological polar surface area (TPSA) is 104 Å². The van der Waals surface area contributed by atoms with E-state index in [1.807, 2.05) is 6.92 Å². The summed E-state index contributed by atoms with van der Waals surface area (Å²) < 4.78 is 0. The van der Waals surface area contributed by atoms with Crippen molar-refractivity contribution >= 4 is 34.6 Å². The summed E-state index contributed by atoms with van der Waals surface area (Å²) >= 11 is 10.8. The van der Waals surface area contributed by atoms with Crippen LogP contribution in [0.2, 0.25) is 10.4 Å². The van der Waals surface area contributed by atoms with Gasteiger partial charge >= 0.3 is 0 Å². The first-order valence-electron chi connectivity index (χ1n) is 4.46. The average Bonchev–Trinajstić information content (AvgIpc) is 2.29. The normalized spacial score (nSPS) is 9.35. The highest BCUT2D eigenvalue weighted by Crippen LogP contribution is 2.14. The maximum atomic E-state index is 5.45. The van der Waals surface area contributed by atoms with E-state index in [4.69, 9.17) is 34.7 Å². The zero-order valence-corrected chi connectivity index (χ0v) is 10.4. The molecule has 0 atom stereocenters. The van der Waals surface area contributed by atoms with Gasteiger partial charge in [0.2, 0.25) is 5.28 Å². The fourth-order valence-electron chi connectivity index (χ4n) is 0.752. The average molecular weight is 273 g/mol. The first-order chi connectivity index (χ1) is 8.00. The van der Waals surface area contributed by atoms with Crippen LogP contribution in [0.4, 0.5) is 11.4 Å². The van der Waals surface area contributed by atoms with Gasteiger partial charge in [-0.25, -0.2) is 19.9 Å². The molecule has 0 spiro atoms. The van der Waals surface area contributed by atoms with Gasteiger partial charge in [-0.05, 0) is 18.5 Å². The molecule has 90 valence electrons. The second kappa shape index (κ2) is 6.17. The highest BCUT2D eigenvalue weighted by Gasteiger charge is 1.96. The number of halogens is 2. The minimum absolute atomic E-state index is 0.106. The second-order valence-electron chi connectivity index (χ2n) is 2.95. The molecule has 2 aromatic heterocycles. The molecule has 0 aliphatic heterocycles. The fraction of sp³-hybridized carbons (Fsp3) is 0.111. The molecule has 2 aromatic rings. The molecule has 6 nitrogen and oxygen atoms in total. The standard InChI is InChI=1S/C5H7N3.C4H3Cl2N3/c1-4-5(6)2-7-3-8-4;5-3-2(7)1-8-4(6)9-3/h2-3H,6H2,1H3;1H,7H2. The summed E-state index contributed by atoms with van der Waals surface area (Å²) in [7, 11) is 0. The Hall–Kier alpha value is -1.66. The van der Waals surface area contributed by atoms with Crippen LogP contribution in [0, 0.1) is 6.92 Å². The number of hydrogen-bond donors (Lipinski definition) is 2. The molecular formula is C9H10Cl2N6. The van der Waals surface area contributed by atoms with E-state index in [2.05, 4.69) is 19.9 Å². The molecule has 0 unspecified atom stereocenters. The van der Waals surface area contributed by atoms with Crippen molar-refractivity contribution in [3.05, 3.63) is 34.9 Å². The van der Waals surface area contributed by atoms with Gasteiger partial charge in [-0.15, -0.1) is 0 Å². The SMILES string of the molecule is Cc1ncncc1N.Nc1cnc(Cl)nc1Cl. The molecule has 0 amide bonds. The molecule has 17 heavy (non-hydrogen) atoms. The molecular weight excluding hydrogens is 263 g/mol. The number of nitrogens with two attached hydrogens (primary N) is 2. The van der Waals surface area contributed by atoms with E-state index in [9.17, 15) is 0 Å². The quantitative estimate of drug-likeness (QED) is 0.559. The van der Waals surface area contributed by atoms with Crippen molar-refractivity contribution < 1.29 is 0 Å². The van der Waals surface area contributed by atoms with Crippen molar-refractivity contribution in [3.8, 4) is 0 Å². The van der Waals surface area contributed by atoms with Crippen LogP contribution in [0.3, 0.4) is 0 Å². The Balaban J connectivity index is 0.000000171. The third kappa shape index (κ3) is 4.38. The lowest BCUT2D eigenvalue weighted by Gasteiger charge is -1.92. The van der Waals surface area contributed by atoms with E-state index < -0.39 is 0 Å². The number of aromatic nitrogens is 4. The first-order valence-corrected chi connectivity index (χ1v) is 5.22. The molecule has 0 saturated carbocycles. The molecule has 2 rings (SSSR count). The van der Waals surface area contributed by atoms with Crippen molar-refractivity contribution in [2.45, 2.75) is 6.92 Å².